The molecule has 2 aromatic heterocycles. The summed E-state index contributed by atoms with van der Waals surface area (Å²) in [5.41, 5.74) is 1.01. The van der Waals surface area contributed by atoms with E-state index in [1.165, 1.54) is 11.8 Å². The molecule has 0 saturated heterocycles. The summed E-state index contributed by atoms with van der Waals surface area (Å²) in [6.45, 7) is 6.62. The standard InChI is InChI=1S/C18H20BrN5OS/c1-3-5-6-15-20-16(25-23-15)12-26-18-22-21-17(24(18)11-4-2)13-7-9-14(19)10-8-13/h4,7-10H,2-3,5-6,11-12H2,1H3. The number of rotatable bonds is 9. The quantitative estimate of drug-likeness (QED) is 0.352. The van der Waals surface area contributed by atoms with Crippen LogP contribution in [0.3, 0.4) is 0 Å². The lowest BCUT2D eigenvalue weighted by molar-refractivity contribution is 0.384. The Morgan fingerprint density at radius 2 is 2.08 bits per heavy atom. The molecule has 0 aliphatic heterocycles. The molecule has 3 aromatic rings. The van der Waals surface area contributed by atoms with Crippen molar-refractivity contribution in [1.29, 1.82) is 0 Å². The molecule has 0 fully saturated rings. The Labute approximate surface area is 165 Å². The summed E-state index contributed by atoms with van der Waals surface area (Å²) >= 11 is 4.99. The maximum Gasteiger partial charge on any atom is 0.237 e. The van der Waals surface area contributed by atoms with Gasteiger partial charge in [0.15, 0.2) is 16.8 Å². The molecule has 0 aliphatic carbocycles. The van der Waals surface area contributed by atoms with E-state index in [4.69, 9.17) is 4.52 Å². The van der Waals surface area contributed by atoms with Gasteiger partial charge in [-0.25, -0.2) is 0 Å². The van der Waals surface area contributed by atoms with Crippen LogP contribution in [0.4, 0.5) is 0 Å². The van der Waals surface area contributed by atoms with Crippen LogP contribution in [-0.4, -0.2) is 24.9 Å². The van der Waals surface area contributed by atoms with Crippen molar-refractivity contribution in [3.05, 3.63) is 53.1 Å². The largest absolute Gasteiger partial charge is 0.338 e. The Hall–Kier alpha value is -1.93. The van der Waals surface area contributed by atoms with E-state index < -0.39 is 0 Å². The molecule has 8 heteroatoms. The van der Waals surface area contributed by atoms with Gasteiger partial charge in [0.1, 0.15) is 0 Å². The van der Waals surface area contributed by atoms with E-state index in [-0.39, 0.29) is 0 Å². The molecule has 0 aliphatic rings. The number of nitrogens with zero attached hydrogens (tertiary/aromatic N) is 5. The lowest BCUT2D eigenvalue weighted by atomic mass is 10.2. The van der Waals surface area contributed by atoms with Crippen LogP contribution in [0.15, 0.2) is 51.1 Å². The van der Waals surface area contributed by atoms with Crippen LogP contribution >= 0.6 is 27.7 Å². The Morgan fingerprint density at radius 1 is 1.27 bits per heavy atom. The van der Waals surface area contributed by atoms with Gasteiger partial charge >= 0.3 is 0 Å². The number of allylic oxidation sites excluding steroid dienone is 1. The minimum atomic E-state index is 0.564. The second kappa shape index (κ2) is 9.14. The average Bonchev–Trinajstić information content (AvgIpc) is 3.26. The zero-order valence-electron chi connectivity index (χ0n) is 14.6. The van der Waals surface area contributed by atoms with Crippen molar-refractivity contribution in [3.8, 4) is 11.4 Å². The van der Waals surface area contributed by atoms with Gasteiger partial charge in [0, 0.05) is 23.0 Å². The van der Waals surface area contributed by atoms with Crippen molar-refractivity contribution in [2.24, 2.45) is 0 Å². The Morgan fingerprint density at radius 3 is 2.81 bits per heavy atom. The van der Waals surface area contributed by atoms with Crippen LogP contribution in [0.25, 0.3) is 11.4 Å². The zero-order valence-corrected chi connectivity index (χ0v) is 17.0. The molecule has 1 aromatic carbocycles. The highest BCUT2D eigenvalue weighted by molar-refractivity contribution is 9.10. The SMILES string of the molecule is C=CCn1c(SCc2nc(CCCC)no2)nnc1-c1ccc(Br)cc1. The fraction of sp³-hybridized carbons (Fsp3) is 0.333. The molecule has 2 heterocycles. The van der Waals surface area contributed by atoms with Crippen molar-refractivity contribution in [1.82, 2.24) is 24.9 Å². The van der Waals surface area contributed by atoms with Gasteiger partial charge in [0.25, 0.3) is 0 Å². The third-order valence-electron chi connectivity index (χ3n) is 3.72. The maximum absolute atomic E-state index is 5.32. The fourth-order valence-corrected chi connectivity index (χ4v) is 3.46. The van der Waals surface area contributed by atoms with Crippen molar-refractivity contribution in [3.63, 3.8) is 0 Å². The minimum absolute atomic E-state index is 0.564. The molecule has 0 amide bonds. The molecule has 0 unspecified atom stereocenters. The Balaban J connectivity index is 1.74. The summed E-state index contributed by atoms with van der Waals surface area (Å²) in [4.78, 5) is 4.43. The summed E-state index contributed by atoms with van der Waals surface area (Å²) in [6, 6.07) is 8.01. The first kappa shape index (κ1) is 18.8. The van der Waals surface area contributed by atoms with Crippen LogP contribution in [0, 0.1) is 0 Å². The van der Waals surface area contributed by atoms with Gasteiger partial charge in [-0.05, 0) is 18.6 Å². The number of halogens is 1. The third-order valence-corrected chi connectivity index (χ3v) is 5.20. The summed E-state index contributed by atoms with van der Waals surface area (Å²) < 4.78 is 8.39. The molecule has 0 N–H and O–H groups in total. The van der Waals surface area contributed by atoms with Crippen LogP contribution in [-0.2, 0) is 18.7 Å². The van der Waals surface area contributed by atoms with Gasteiger partial charge in [0.2, 0.25) is 5.89 Å². The van der Waals surface area contributed by atoms with Crippen LogP contribution in [0.1, 0.15) is 31.5 Å². The first-order valence-corrected chi connectivity index (χ1v) is 10.2. The highest BCUT2D eigenvalue weighted by Crippen LogP contribution is 2.27. The Bertz CT molecular complexity index is 859. The highest BCUT2D eigenvalue weighted by atomic mass is 79.9. The van der Waals surface area contributed by atoms with Gasteiger partial charge in [-0.15, -0.1) is 16.8 Å². The van der Waals surface area contributed by atoms with E-state index in [0.29, 0.717) is 18.2 Å². The van der Waals surface area contributed by atoms with Crippen molar-refractivity contribution in [2.75, 3.05) is 0 Å². The zero-order chi connectivity index (χ0) is 18.4. The molecule has 0 bridgehead atoms. The van der Waals surface area contributed by atoms with Crippen LogP contribution in [0.2, 0.25) is 0 Å². The molecule has 6 nitrogen and oxygen atoms in total. The van der Waals surface area contributed by atoms with Gasteiger partial charge in [-0.3, -0.25) is 4.57 Å². The number of unbranched alkanes of at least 4 members (excludes halogenated alkanes) is 1. The van der Waals surface area contributed by atoms with Crippen molar-refractivity contribution >= 4 is 27.7 Å². The van der Waals surface area contributed by atoms with Gasteiger partial charge in [-0.2, -0.15) is 4.98 Å². The van der Waals surface area contributed by atoms with Crippen molar-refractivity contribution in [2.45, 2.75) is 43.6 Å². The van der Waals surface area contributed by atoms with Crippen LogP contribution in [0.5, 0.6) is 0 Å². The minimum Gasteiger partial charge on any atom is -0.338 e. The van der Waals surface area contributed by atoms with E-state index in [1.54, 1.807) is 0 Å². The number of hydrogen-bond donors (Lipinski definition) is 0. The average molecular weight is 434 g/mol. The van der Waals surface area contributed by atoms with E-state index in [2.05, 4.69) is 49.8 Å². The normalized spacial score (nSPS) is 11.0. The van der Waals surface area contributed by atoms with Gasteiger partial charge in [0.05, 0.1) is 5.75 Å². The highest BCUT2D eigenvalue weighted by Gasteiger charge is 2.15. The number of thioether (sulfide) groups is 1. The molecule has 0 spiro atoms. The first-order valence-electron chi connectivity index (χ1n) is 8.45. The van der Waals surface area contributed by atoms with Gasteiger partial charge < -0.3 is 4.52 Å². The fourth-order valence-electron chi connectivity index (χ4n) is 2.41. The molecule has 26 heavy (non-hydrogen) atoms. The number of aryl methyl sites for hydroxylation is 1. The second-order valence-corrected chi connectivity index (χ2v) is 7.57. The van der Waals surface area contributed by atoms with Crippen LogP contribution < -0.4 is 0 Å². The van der Waals surface area contributed by atoms with E-state index in [1.807, 2.05) is 34.9 Å². The second-order valence-electron chi connectivity index (χ2n) is 5.71. The summed E-state index contributed by atoms with van der Waals surface area (Å²) in [7, 11) is 0. The lowest BCUT2D eigenvalue weighted by Crippen LogP contribution is -2.00. The topological polar surface area (TPSA) is 69.6 Å². The summed E-state index contributed by atoms with van der Waals surface area (Å²) in [6.07, 6.45) is 4.87. The molecular weight excluding hydrogens is 414 g/mol. The van der Waals surface area contributed by atoms with E-state index >= 15 is 0 Å². The lowest BCUT2D eigenvalue weighted by Gasteiger charge is -2.07. The third kappa shape index (κ3) is 4.62. The first-order chi connectivity index (χ1) is 12.7. The molecule has 0 saturated carbocycles. The summed E-state index contributed by atoms with van der Waals surface area (Å²) in [5, 5.41) is 13.5. The molecule has 3 rings (SSSR count). The molecule has 0 atom stereocenters. The smallest absolute Gasteiger partial charge is 0.237 e. The molecule has 0 radical (unpaired) electrons. The number of benzene rings is 1. The summed E-state index contributed by atoms with van der Waals surface area (Å²) in [5.74, 6) is 2.76. The molecule has 136 valence electrons. The molecular formula is C18H20BrN5OS. The number of hydrogen-bond acceptors (Lipinski definition) is 6. The Kier molecular flexibility index (Phi) is 6.62. The number of aromatic nitrogens is 5. The predicted molar refractivity (Wildman–Crippen MR) is 106 cm³/mol. The van der Waals surface area contributed by atoms with E-state index in [9.17, 15) is 0 Å². The predicted octanol–water partition coefficient (Wildman–Crippen LogP) is 4.91. The van der Waals surface area contributed by atoms with Gasteiger partial charge in [-0.1, -0.05) is 64.4 Å². The van der Waals surface area contributed by atoms with E-state index in [0.717, 1.165) is 46.1 Å². The maximum atomic E-state index is 5.32. The monoisotopic (exact) mass is 433 g/mol. The van der Waals surface area contributed by atoms with Crippen molar-refractivity contribution < 1.29 is 4.52 Å².